The van der Waals surface area contributed by atoms with Crippen LogP contribution in [0.2, 0.25) is 0 Å². The number of ether oxygens (including phenoxy) is 1. The minimum atomic E-state index is -0.618. The molecular formula is C22H29NO2. The fraction of sp³-hybridized carbons (Fsp3) is 0.409. The first-order chi connectivity index (χ1) is 11.8. The van der Waals surface area contributed by atoms with Gasteiger partial charge >= 0.3 is 0 Å². The Hall–Kier alpha value is -2.13. The second-order valence-corrected chi connectivity index (χ2v) is 7.66. The van der Waals surface area contributed by atoms with Crippen molar-refractivity contribution in [3.8, 4) is 0 Å². The van der Waals surface area contributed by atoms with E-state index >= 15 is 0 Å². The van der Waals surface area contributed by atoms with Crippen LogP contribution in [0, 0.1) is 5.41 Å². The zero-order valence-electron chi connectivity index (χ0n) is 15.9. The van der Waals surface area contributed by atoms with Crippen molar-refractivity contribution >= 4 is 5.91 Å². The Morgan fingerprint density at radius 1 is 0.960 bits per heavy atom. The molecule has 0 saturated heterocycles. The first-order valence-electron chi connectivity index (χ1n) is 8.83. The van der Waals surface area contributed by atoms with Gasteiger partial charge in [-0.25, -0.2) is 0 Å². The van der Waals surface area contributed by atoms with E-state index in [2.05, 4.69) is 38.2 Å². The van der Waals surface area contributed by atoms with Crippen LogP contribution in [0.4, 0.5) is 0 Å². The van der Waals surface area contributed by atoms with Crippen molar-refractivity contribution in [3.63, 3.8) is 0 Å². The lowest BCUT2D eigenvalue weighted by Crippen LogP contribution is -2.52. The molecule has 2 rings (SSSR count). The van der Waals surface area contributed by atoms with Crippen molar-refractivity contribution in [1.82, 2.24) is 5.32 Å². The third kappa shape index (κ3) is 4.49. The molecule has 1 atom stereocenters. The van der Waals surface area contributed by atoms with Crippen molar-refractivity contribution in [1.29, 1.82) is 0 Å². The highest BCUT2D eigenvalue weighted by Crippen LogP contribution is 2.43. The first kappa shape index (κ1) is 19.2. The van der Waals surface area contributed by atoms with E-state index in [0.717, 1.165) is 5.56 Å². The van der Waals surface area contributed by atoms with Crippen molar-refractivity contribution in [3.05, 3.63) is 71.8 Å². The molecule has 0 aliphatic rings. The topological polar surface area (TPSA) is 38.3 Å². The van der Waals surface area contributed by atoms with E-state index in [0.29, 0.717) is 12.1 Å². The summed E-state index contributed by atoms with van der Waals surface area (Å²) in [4.78, 5) is 12.6. The van der Waals surface area contributed by atoms with E-state index in [1.807, 2.05) is 62.4 Å². The molecule has 3 heteroatoms. The van der Waals surface area contributed by atoms with Crippen LogP contribution in [-0.4, -0.2) is 18.6 Å². The molecule has 0 aliphatic heterocycles. The number of hydrogen-bond acceptors (Lipinski definition) is 2. The van der Waals surface area contributed by atoms with E-state index in [4.69, 9.17) is 4.74 Å². The normalized spacial score (nSPS) is 14.2. The summed E-state index contributed by atoms with van der Waals surface area (Å²) >= 11 is 0. The first-order valence-corrected chi connectivity index (χ1v) is 8.83. The summed E-state index contributed by atoms with van der Waals surface area (Å²) in [6.07, 6.45) is 0.0352. The van der Waals surface area contributed by atoms with Crippen LogP contribution in [0.5, 0.6) is 0 Å². The van der Waals surface area contributed by atoms with Crippen LogP contribution in [0.25, 0.3) is 0 Å². The SMILES string of the molecule is CC(C)OC(CNC(=O)c1ccccc1)(c1ccccc1)C(C)(C)C. The average Bonchev–Trinajstić information content (AvgIpc) is 2.58. The Labute approximate surface area is 151 Å². The highest BCUT2D eigenvalue weighted by molar-refractivity contribution is 5.94. The molecule has 0 fully saturated rings. The highest BCUT2D eigenvalue weighted by atomic mass is 16.5. The van der Waals surface area contributed by atoms with Gasteiger partial charge in [0.2, 0.25) is 0 Å². The third-order valence-corrected chi connectivity index (χ3v) is 4.42. The van der Waals surface area contributed by atoms with Gasteiger partial charge < -0.3 is 10.1 Å². The maximum atomic E-state index is 12.6. The van der Waals surface area contributed by atoms with Crippen LogP contribution >= 0.6 is 0 Å². The van der Waals surface area contributed by atoms with Gasteiger partial charge in [0, 0.05) is 5.56 Å². The molecule has 3 nitrogen and oxygen atoms in total. The molecule has 1 amide bonds. The van der Waals surface area contributed by atoms with Crippen molar-refractivity contribution in [2.45, 2.75) is 46.3 Å². The largest absolute Gasteiger partial charge is 0.365 e. The fourth-order valence-electron chi connectivity index (χ4n) is 3.09. The van der Waals surface area contributed by atoms with E-state index in [1.54, 1.807) is 0 Å². The molecule has 0 spiro atoms. The van der Waals surface area contributed by atoms with Gasteiger partial charge in [0.25, 0.3) is 5.91 Å². The van der Waals surface area contributed by atoms with E-state index in [-0.39, 0.29) is 17.4 Å². The van der Waals surface area contributed by atoms with Gasteiger partial charge in [-0.3, -0.25) is 4.79 Å². The molecule has 0 aliphatic carbocycles. The summed E-state index contributed by atoms with van der Waals surface area (Å²) in [6.45, 7) is 10.9. The summed E-state index contributed by atoms with van der Waals surface area (Å²) in [6, 6.07) is 19.4. The molecular weight excluding hydrogens is 310 g/mol. The monoisotopic (exact) mass is 339 g/mol. The molecule has 1 unspecified atom stereocenters. The smallest absolute Gasteiger partial charge is 0.251 e. The molecule has 0 bridgehead atoms. The molecule has 134 valence electrons. The average molecular weight is 339 g/mol. The number of carbonyl (C=O) groups excluding carboxylic acids is 1. The van der Waals surface area contributed by atoms with Crippen molar-refractivity contribution in [2.75, 3.05) is 6.54 Å². The number of nitrogens with one attached hydrogen (secondary N) is 1. The third-order valence-electron chi connectivity index (χ3n) is 4.42. The number of carbonyl (C=O) groups is 1. The van der Waals surface area contributed by atoms with Crippen LogP contribution in [0.1, 0.15) is 50.5 Å². The predicted octanol–water partition coefficient (Wildman–Crippen LogP) is 4.78. The zero-order valence-corrected chi connectivity index (χ0v) is 15.9. The molecule has 0 saturated carbocycles. The van der Waals surface area contributed by atoms with Gasteiger partial charge in [-0.05, 0) is 37.0 Å². The van der Waals surface area contributed by atoms with Gasteiger partial charge in [0.15, 0.2) is 0 Å². The van der Waals surface area contributed by atoms with Gasteiger partial charge in [0.1, 0.15) is 5.60 Å². The summed E-state index contributed by atoms with van der Waals surface area (Å²) in [5, 5.41) is 3.09. The second kappa shape index (κ2) is 7.83. The molecule has 0 heterocycles. The molecule has 2 aromatic carbocycles. The van der Waals surface area contributed by atoms with Crippen molar-refractivity contribution in [2.24, 2.45) is 5.41 Å². The second-order valence-electron chi connectivity index (χ2n) is 7.66. The standard InChI is InChI=1S/C22H29NO2/c1-17(2)25-22(21(3,4)5,19-14-10-7-11-15-19)16-23-20(24)18-12-8-6-9-13-18/h6-15,17H,16H2,1-5H3,(H,23,24). The van der Waals surface area contributed by atoms with Crippen LogP contribution in [0.15, 0.2) is 60.7 Å². The Bertz CT molecular complexity index is 674. The van der Waals surface area contributed by atoms with E-state index in [9.17, 15) is 4.79 Å². The van der Waals surface area contributed by atoms with E-state index in [1.165, 1.54) is 0 Å². The minimum Gasteiger partial charge on any atom is -0.365 e. The van der Waals surface area contributed by atoms with E-state index < -0.39 is 5.60 Å². The molecule has 0 radical (unpaired) electrons. The summed E-state index contributed by atoms with van der Waals surface area (Å²) < 4.78 is 6.46. The quantitative estimate of drug-likeness (QED) is 0.822. The number of amides is 1. The lowest BCUT2D eigenvalue weighted by atomic mass is 9.71. The number of rotatable bonds is 6. The summed E-state index contributed by atoms with van der Waals surface area (Å²) in [5.74, 6) is -0.0856. The lowest BCUT2D eigenvalue weighted by molar-refractivity contribution is -0.147. The molecule has 2 aromatic rings. The number of benzene rings is 2. The summed E-state index contributed by atoms with van der Waals surface area (Å²) in [5.41, 5.74) is 0.905. The van der Waals surface area contributed by atoms with Gasteiger partial charge in [-0.2, -0.15) is 0 Å². The fourth-order valence-corrected chi connectivity index (χ4v) is 3.09. The van der Waals surface area contributed by atoms with Crippen LogP contribution in [0.3, 0.4) is 0 Å². The lowest BCUT2D eigenvalue weighted by Gasteiger charge is -2.46. The molecule has 25 heavy (non-hydrogen) atoms. The maximum absolute atomic E-state index is 12.6. The minimum absolute atomic E-state index is 0.0352. The Morgan fingerprint density at radius 3 is 1.96 bits per heavy atom. The van der Waals surface area contributed by atoms with Crippen LogP contribution in [-0.2, 0) is 10.3 Å². The molecule has 1 N–H and O–H groups in total. The summed E-state index contributed by atoms with van der Waals surface area (Å²) in [7, 11) is 0. The number of hydrogen-bond donors (Lipinski definition) is 1. The van der Waals surface area contributed by atoms with Crippen molar-refractivity contribution < 1.29 is 9.53 Å². The van der Waals surface area contributed by atoms with Gasteiger partial charge in [-0.15, -0.1) is 0 Å². The highest BCUT2D eigenvalue weighted by Gasteiger charge is 2.45. The maximum Gasteiger partial charge on any atom is 0.251 e. The Kier molecular flexibility index (Phi) is 6.02. The Morgan fingerprint density at radius 2 is 1.48 bits per heavy atom. The van der Waals surface area contributed by atoms with Gasteiger partial charge in [-0.1, -0.05) is 69.3 Å². The predicted molar refractivity (Wildman–Crippen MR) is 103 cm³/mol. The molecule has 0 aromatic heterocycles. The zero-order chi connectivity index (χ0) is 18.5. The van der Waals surface area contributed by atoms with Gasteiger partial charge in [0.05, 0.1) is 12.6 Å². The Balaban J connectivity index is 2.35. The van der Waals surface area contributed by atoms with Crippen LogP contribution < -0.4 is 5.32 Å².